The summed E-state index contributed by atoms with van der Waals surface area (Å²) in [5.74, 6) is -0.882. The van der Waals surface area contributed by atoms with Gasteiger partial charge in [0.15, 0.2) is 11.4 Å². The number of likely N-dealkylation sites (N-methyl/N-ethyl adjacent to an activating group) is 1. The fraction of sp³-hybridized carbons (Fsp3) is 0.273. The Balaban J connectivity index is 2.11. The van der Waals surface area contributed by atoms with Crippen molar-refractivity contribution in [1.82, 2.24) is 20.6 Å². The van der Waals surface area contributed by atoms with Crippen LogP contribution >= 0.6 is 0 Å². The van der Waals surface area contributed by atoms with Gasteiger partial charge in [0.1, 0.15) is 5.82 Å². The number of anilines is 1. The molecule has 0 fully saturated rings. The Bertz CT molecular complexity index is 645. The third-order valence-electron chi connectivity index (χ3n) is 3.23. The van der Waals surface area contributed by atoms with Crippen LogP contribution in [0.2, 0.25) is 0 Å². The Hall–Kier alpha value is -2.35. The topological polar surface area (TPSA) is 95.0 Å². The Morgan fingerprint density at radius 3 is 3.00 bits per heavy atom. The molecule has 0 spiro atoms. The molecule has 1 aromatic heterocycles. The summed E-state index contributed by atoms with van der Waals surface area (Å²) >= 11 is 0. The van der Waals surface area contributed by atoms with Crippen molar-refractivity contribution in [3.8, 4) is 0 Å². The van der Waals surface area contributed by atoms with Gasteiger partial charge in [-0.2, -0.15) is 5.21 Å². The van der Waals surface area contributed by atoms with E-state index in [4.69, 9.17) is 0 Å². The molecule has 1 aromatic carbocycles. The molecule has 0 radical (unpaired) electrons. The minimum Gasteiger partial charge on any atom is -0.375 e. The van der Waals surface area contributed by atoms with Gasteiger partial charge in [-0.15, -0.1) is 10.2 Å². The Morgan fingerprint density at radius 2 is 2.32 bits per heavy atom. The molecule has 0 bridgehead atoms. The molecule has 1 aliphatic heterocycles. The fourth-order valence-electron chi connectivity index (χ4n) is 2.29. The summed E-state index contributed by atoms with van der Waals surface area (Å²) < 4.78 is 13.3. The molecule has 2 heterocycles. The zero-order valence-corrected chi connectivity index (χ0v) is 9.96. The summed E-state index contributed by atoms with van der Waals surface area (Å²) in [6.45, 7) is 0. The maximum absolute atomic E-state index is 13.3. The molecule has 7 nitrogen and oxygen atoms in total. The van der Waals surface area contributed by atoms with Crippen LogP contribution in [0.3, 0.4) is 0 Å². The van der Waals surface area contributed by atoms with Gasteiger partial charge in [-0.1, -0.05) is 5.21 Å². The molecular formula is C11H10FN5O2. The number of fused-ring (bicyclic) bond motifs is 1. The maximum atomic E-state index is 13.3. The molecule has 98 valence electrons. The number of aromatic nitrogens is 4. The van der Waals surface area contributed by atoms with Crippen LogP contribution in [0.5, 0.6) is 0 Å². The number of benzene rings is 1. The van der Waals surface area contributed by atoms with Gasteiger partial charge < -0.3 is 10.0 Å². The summed E-state index contributed by atoms with van der Waals surface area (Å²) in [4.78, 5) is 13.5. The van der Waals surface area contributed by atoms with E-state index >= 15 is 0 Å². The first-order valence-electron chi connectivity index (χ1n) is 5.55. The molecule has 2 N–H and O–H groups in total. The lowest BCUT2D eigenvalue weighted by atomic mass is 9.91. The first-order chi connectivity index (χ1) is 9.02. The van der Waals surface area contributed by atoms with E-state index in [1.165, 1.54) is 24.1 Å². The monoisotopic (exact) mass is 263 g/mol. The summed E-state index contributed by atoms with van der Waals surface area (Å²) in [6.07, 6.45) is -0.164. The summed E-state index contributed by atoms with van der Waals surface area (Å²) in [5, 5.41) is 23.6. The van der Waals surface area contributed by atoms with Crippen molar-refractivity contribution in [2.75, 3.05) is 11.9 Å². The lowest BCUT2D eigenvalue weighted by Crippen LogP contribution is -2.40. The highest BCUT2D eigenvalue weighted by Crippen LogP contribution is 2.41. The molecule has 8 heteroatoms. The quantitative estimate of drug-likeness (QED) is 0.778. The van der Waals surface area contributed by atoms with Crippen LogP contribution in [0, 0.1) is 5.82 Å². The van der Waals surface area contributed by atoms with Crippen LogP contribution in [-0.2, 0) is 16.8 Å². The van der Waals surface area contributed by atoms with Gasteiger partial charge in [-0.05, 0) is 18.2 Å². The molecular weight excluding hydrogens is 253 g/mol. The van der Waals surface area contributed by atoms with E-state index in [1.807, 2.05) is 0 Å². The number of hydrogen-bond donors (Lipinski definition) is 2. The standard InChI is InChI=1S/C11H10FN5O2/c1-17-8-3-2-6(12)4-7(8)11(19,10(17)18)5-9-13-15-16-14-9/h2-4,19H,5H2,1H3,(H,13,14,15,16). The lowest BCUT2D eigenvalue weighted by molar-refractivity contribution is -0.135. The van der Waals surface area contributed by atoms with Crippen LogP contribution in [0.4, 0.5) is 10.1 Å². The van der Waals surface area contributed by atoms with Crippen molar-refractivity contribution in [3.63, 3.8) is 0 Å². The van der Waals surface area contributed by atoms with E-state index in [0.717, 1.165) is 6.07 Å². The molecule has 1 atom stereocenters. The molecule has 0 saturated carbocycles. The first-order valence-corrected chi connectivity index (χ1v) is 5.55. The minimum absolute atomic E-state index is 0.164. The number of tetrazole rings is 1. The van der Waals surface area contributed by atoms with Gasteiger partial charge in [0.25, 0.3) is 5.91 Å². The van der Waals surface area contributed by atoms with E-state index in [1.54, 1.807) is 0 Å². The van der Waals surface area contributed by atoms with Crippen LogP contribution in [0.15, 0.2) is 18.2 Å². The highest BCUT2D eigenvalue weighted by atomic mass is 19.1. The van der Waals surface area contributed by atoms with Gasteiger partial charge in [-0.3, -0.25) is 4.79 Å². The minimum atomic E-state index is -1.87. The van der Waals surface area contributed by atoms with Gasteiger partial charge in [0.05, 0.1) is 12.1 Å². The summed E-state index contributed by atoms with van der Waals surface area (Å²) in [7, 11) is 1.52. The number of H-pyrrole nitrogens is 1. The number of nitrogens with zero attached hydrogens (tertiary/aromatic N) is 4. The number of aromatic amines is 1. The molecule has 1 amide bonds. The maximum Gasteiger partial charge on any atom is 0.263 e. The average Bonchev–Trinajstić information content (AvgIpc) is 2.94. The number of nitrogens with one attached hydrogen (secondary N) is 1. The van der Waals surface area contributed by atoms with E-state index in [0.29, 0.717) is 5.69 Å². The van der Waals surface area contributed by atoms with E-state index in [2.05, 4.69) is 20.6 Å². The normalized spacial score (nSPS) is 21.8. The van der Waals surface area contributed by atoms with E-state index in [-0.39, 0.29) is 17.8 Å². The van der Waals surface area contributed by atoms with Crippen LogP contribution in [0.1, 0.15) is 11.4 Å². The second kappa shape index (κ2) is 3.82. The van der Waals surface area contributed by atoms with Crippen LogP contribution in [-0.4, -0.2) is 38.7 Å². The molecule has 2 aromatic rings. The molecule has 0 aliphatic carbocycles. The van der Waals surface area contributed by atoms with Crippen LogP contribution < -0.4 is 4.90 Å². The third kappa shape index (κ3) is 1.60. The number of carbonyl (C=O) groups is 1. The Labute approximate surface area is 107 Å². The van der Waals surface area contributed by atoms with Crippen molar-refractivity contribution < 1.29 is 14.3 Å². The van der Waals surface area contributed by atoms with Gasteiger partial charge in [-0.25, -0.2) is 4.39 Å². The SMILES string of the molecule is CN1C(=O)C(O)(Cc2nn[nH]n2)c2cc(F)ccc21. The Kier molecular flexibility index (Phi) is 2.36. The van der Waals surface area contributed by atoms with E-state index in [9.17, 15) is 14.3 Å². The van der Waals surface area contributed by atoms with E-state index < -0.39 is 17.3 Å². The summed E-state index contributed by atoms with van der Waals surface area (Å²) in [6, 6.07) is 3.84. The number of halogens is 1. The number of aliphatic hydroxyl groups is 1. The number of hydrogen-bond acceptors (Lipinski definition) is 5. The zero-order valence-electron chi connectivity index (χ0n) is 9.96. The van der Waals surface area contributed by atoms with Crippen molar-refractivity contribution in [1.29, 1.82) is 0 Å². The largest absolute Gasteiger partial charge is 0.375 e. The van der Waals surface area contributed by atoms with Gasteiger partial charge >= 0.3 is 0 Å². The molecule has 1 aliphatic rings. The number of amides is 1. The molecule has 19 heavy (non-hydrogen) atoms. The van der Waals surface area contributed by atoms with Crippen molar-refractivity contribution in [2.45, 2.75) is 12.0 Å². The molecule has 3 rings (SSSR count). The lowest BCUT2D eigenvalue weighted by Gasteiger charge is -2.19. The first kappa shape index (κ1) is 11.7. The summed E-state index contributed by atoms with van der Waals surface area (Å²) in [5.41, 5.74) is -1.18. The fourth-order valence-corrected chi connectivity index (χ4v) is 2.29. The smallest absolute Gasteiger partial charge is 0.263 e. The number of rotatable bonds is 2. The van der Waals surface area contributed by atoms with Gasteiger partial charge in [0.2, 0.25) is 0 Å². The third-order valence-corrected chi connectivity index (χ3v) is 3.23. The second-order valence-corrected chi connectivity index (χ2v) is 4.39. The average molecular weight is 263 g/mol. The molecule has 1 unspecified atom stereocenters. The highest BCUT2D eigenvalue weighted by Gasteiger charge is 2.49. The highest BCUT2D eigenvalue weighted by molar-refractivity contribution is 6.06. The number of carbonyl (C=O) groups excluding carboxylic acids is 1. The van der Waals surface area contributed by atoms with Crippen molar-refractivity contribution in [2.24, 2.45) is 0 Å². The van der Waals surface area contributed by atoms with Crippen molar-refractivity contribution in [3.05, 3.63) is 35.4 Å². The predicted octanol–water partition coefficient (Wildman–Crippen LogP) is -0.255. The van der Waals surface area contributed by atoms with Crippen molar-refractivity contribution >= 4 is 11.6 Å². The second-order valence-electron chi connectivity index (χ2n) is 4.39. The Morgan fingerprint density at radius 1 is 1.53 bits per heavy atom. The zero-order chi connectivity index (χ0) is 13.6. The predicted molar refractivity (Wildman–Crippen MR) is 61.6 cm³/mol. The molecule has 0 saturated heterocycles. The van der Waals surface area contributed by atoms with Gasteiger partial charge in [0, 0.05) is 12.6 Å². The van der Waals surface area contributed by atoms with Crippen LogP contribution in [0.25, 0.3) is 0 Å².